The second-order valence-electron chi connectivity index (χ2n) is 2.97. The zero-order valence-electron chi connectivity index (χ0n) is 7.64. The van der Waals surface area contributed by atoms with E-state index in [0.29, 0.717) is 0 Å². The summed E-state index contributed by atoms with van der Waals surface area (Å²) in [4.78, 5) is 13.8. The second kappa shape index (κ2) is 3.54. The van der Waals surface area contributed by atoms with Gasteiger partial charge in [0.1, 0.15) is 0 Å². The zero-order chi connectivity index (χ0) is 9.14. The molecule has 2 N–H and O–H groups in total. The first-order valence-electron chi connectivity index (χ1n) is 4.01. The van der Waals surface area contributed by atoms with Crippen molar-refractivity contribution in [3.63, 3.8) is 0 Å². The van der Waals surface area contributed by atoms with Crippen LogP contribution in [0.4, 0.5) is 0 Å². The van der Waals surface area contributed by atoms with Crippen molar-refractivity contribution in [2.45, 2.75) is 19.9 Å². The first-order valence-corrected chi connectivity index (χ1v) is 4.01. The van der Waals surface area contributed by atoms with Gasteiger partial charge in [0, 0.05) is 17.8 Å². The van der Waals surface area contributed by atoms with E-state index in [-0.39, 0.29) is 11.6 Å². The van der Waals surface area contributed by atoms with Crippen LogP contribution in [0.1, 0.15) is 24.2 Å². The van der Waals surface area contributed by atoms with Crippen LogP contribution in [-0.2, 0) is 0 Å². The molecule has 0 aliphatic heterocycles. The fourth-order valence-electron chi connectivity index (χ4n) is 1.13. The monoisotopic (exact) mass is 166 g/mol. The van der Waals surface area contributed by atoms with Gasteiger partial charge in [-0.2, -0.15) is 0 Å². The number of aromatic amines is 1. The van der Waals surface area contributed by atoms with Crippen LogP contribution in [-0.4, -0.2) is 12.0 Å². The molecule has 0 fully saturated rings. The summed E-state index contributed by atoms with van der Waals surface area (Å²) in [5.74, 6) is 0. The topological polar surface area (TPSA) is 44.9 Å². The van der Waals surface area contributed by atoms with Gasteiger partial charge >= 0.3 is 0 Å². The maximum atomic E-state index is 11.0. The number of aromatic nitrogens is 1. The van der Waals surface area contributed by atoms with Gasteiger partial charge in [0.05, 0.1) is 0 Å². The third-order valence-corrected chi connectivity index (χ3v) is 1.93. The van der Waals surface area contributed by atoms with E-state index < -0.39 is 0 Å². The van der Waals surface area contributed by atoms with E-state index in [0.717, 1.165) is 11.3 Å². The third kappa shape index (κ3) is 1.95. The first-order chi connectivity index (χ1) is 5.63. The van der Waals surface area contributed by atoms with Gasteiger partial charge in [0.25, 0.3) is 0 Å². The predicted molar refractivity (Wildman–Crippen MR) is 49.3 cm³/mol. The third-order valence-electron chi connectivity index (χ3n) is 1.93. The lowest BCUT2D eigenvalue weighted by molar-refractivity contribution is 0.649. The molecule has 1 heterocycles. The molecule has 0 amide bonds. The van der Waals surface area contributed by atoms with Crippen molar-refractivity contribution in [3.8, 4) is 0 Å². The van der Waals surface area contributed by atoms with Crippen LogP contribution in [0.3, 0.4) is 0 Å². The van der Waals surface area contributed by atoms with Gasteiger partial charge in [-0.05, 0) is 32.5 Å². The molecule has 1 aromatic rings. The summed E-state index contributed by atoms with van der Waals surface area (Å²) >= 11 is 0. The Morgan fingerprint density at radius 3 is 2.67 bits per heavy atom. The molecule has 0 bridgehead atoms. The average molecular weight is 166 g/mol. The Kier molecular flexibility index (Phi) is 2.65. The molecular formula is C9H14N2O. The number of hydrogen-bond acceptors (Lipinski definition) is 2. The Hall–Kier alpha value is -1.09. The summed E-state index contributed by atoms with van der Waals surface area (Å²) in [7, 11) is 1.88. The van der Waals surface area contributed by atoms with Crippen LogP contribution >= 0.6 is 0 Å². The number of H-pyrrole nitrogens is 1. The average Bonchev–Trinajstić information content (AvgIpc) is 2.01. The van der Waals surface area contributed by atoms with E-state index in [2.05, 4.69) is 10.3 Å². The summed E-state index contributed by atoms with van der Waals surface area (Å²) < 4.78 is 0. The van der Waals surface area contributed by atoms with Crippen LogP contribution in [0.5, 0.6) is 0 Å². The summed E-state index contributed by atoms with van der Waals surface area (Å²) in [5.41, 5.74) is 1.89. The molecule has 0 aromatic carbocycles. The van der Waals surface area contributed by atoms with Gasteiger partial charge in [0.15, 0.2) is 0 Å². The van der Waals surface area contributed by atoms with Crippen molar-refractivity contribution in [1.29, 1.82) is 0 Å². The molecule has 12 heavy (non-hydrogen) atoms. The van der Waals surface area contributed by atoms with Gasteiger partial charge in [-0.25, -0.2) is 0 Å². The molecule has 1 atom stereocenters. The highest BCUT2D eigenvalue weighted by atomic mass is 16.1. The number of rotatable bonds is 2. The van der Waals surface area contributed by atoms with Gasteiger partial charge in [0.2, 0.25) is 5.56 Å². The molecule has 66 valence electrons. The van der Waals surface area contributed by atoms with Gasteiger partial charge in [-0.1, -0.05) is 0 Å². The Bertz CT molecular complexity index is 317. The number of nitrogens with one attached hydrogen (secondary N) is 2. The van der Waals surface area contributed by atoms with Crippen LogP contribution in [0.15, 0.2) is 16.9 Å². The van der Waals surface area contributed by atoms with Crippen molar-refractivity contribution < 1.29 is 0 Å². The van der Waals surface area contributed by atoms with E-state index in [1.807, 2.05) is 27.0 Å². The Balaban J connectivity index is 3.08. The standard InChI is InChI=1S/C9H14N2O/c1-6-4-8(7(2)10-3)5-9(12)11-6/h4-5,7,10H,1-3H3,(H,11,12). The molecule has 0 spiro atoms. The van der Waals surface area contributed by atoms with E-state index in [1.54, 1.807) is 6.07 Å². The van der Waals surface area contributed by atoms with Crippen molar-refractivity contribution in [2.75, 3.05) is 7.05 Å². The Morgan fingerprint density at radius 1 is 1.50 bits per heavy atom. The fourth-order valence-corrected chi connectivity index (χ4v) is 1.13. The molecule has 0 aliphatic carbocycles. The summed E-state index contributed by atoms with van der Waals surface area (Å²) in [6.07, 6.45) is 0. The molecular weight excluding hydrogens is 152 g/mol. The van der Waals surface area contributed by atoms with E-state index >= 15 is 0 Å². The van der Waals surface area contributed by atoms with Crippen LogP contribution in [0, 0.1) is 6.92 Å². The Morgan fingerprint density at radius 2 is 2.17 bits per heavy atom. The van der Waals surface area contributed by atoms with E-state index in [4.69, 9.17) is 0 Å². The van der Waals surface area contributed by atoms with Crippen molar-refractivity contribution in [1.82, 2.24) is 10.3 Å². The smallest absolute Gasteiger partial charge is 0.248 e. The molecule has 0 radical (unpaired) electrons. The lowest BCUT2D eigenvalue weighted by Crippen LogP contribution is -2.16. The van der Waals surface area contributed by atoms with Crippen molar-refractivity contribution in [3.05, 3.63) is 33.7 Å². The highest BCUT2D eigenvalue weighted by molar-refractivity contribution is 5.18. The number of pyridine rings is 1. The maximum absolute atomic E-state index is 11.0. The molecule has 0 aliphatic rings. The minimum Gasteiger partial charge on any atom is -0.326 e. The normalized spacial score (nSPS) is 12.9. The van der Waals surface area contributed by atoms with Crippen molar-refractivity contribution >= 4 is 0 Å². The number of hydrogen-bond donors (Lipinski definition) is 2. The minimum absolute atomic E-state index is 0.0351. The molecule has 1 rings (SSSR count). The first kappa shape index (κ1) is 9.00. The zero-order valence-corrected chi connectivity index (χ0v) is 7.64. The van der Waals surface area contributed by atoms with Crippen LogP contribution < -0.4 is 10.9 Å². The van der Waals surface area contributed by atoms with Crippen LogP contribution in [0.25, 0.3) is 0 Å². The summed E-state index contributed by atoms with van der Waals surface area (Å²) in [6, 6.07) is 3.82. The predicted octanol–water partition coefficient (Wildman–Crippen LogP) is 0.964. The molecule has 1 aromatic heterocycles. The van der Waals surface area contributed by atoms with Gasteiger partial charge < -0.3 is 10.3 Å². The minimum atomic E-state index is -0.0351. The van der Waals surface area contributed by atoms with Crippen LogP contribution in [0.2, 0.25) is 0 Å². The Labute approximate surface area is 71.8 Å². The van der Waals surface area contributed by atoms with Gasteiger partial charge in [-0.15, -0.1) is 0 Å². The SMILES string of the molecule is CNC(C)c1cc(C)[nH]c(=O)c1. The fraction of sp³-hybridized carbons (Fsp3) is 0.444. The molecule has 3 nitrogen and oxygen atoms in total. The lowest BCUT2D eigenvalue weighted by Gasteiger charge is -2.09. The van der Waals surface area contributed by atoms with Crippen molar-refractivity contribution in [2.24, 2.45) is 0 Å². The summed E-state index contributed by atoms with van der Waals surface area (Å²) in [5, 5.41) is 3.08. The quantitative estimate of drug-likeness (QED) is 0.687. The molecule has 3 heteroatoms. The summed E-state index contributed by atoms with van der Waals surface area (Å²) in [6.45, 7) is 3.90. The maximum Gasteiger partial charge on any atom is 0.248 e. The molecule has 0 saturated carbocycles. The highest BCUT2D eigenvalue weighted by Gasteiger charge is 2.02. The lowest BCUT2D eigenvalue weighted by atomic mass is 10.1. The van der Waals surface area contributed by atoms with E-state index in [1.165, 1.54) is 0 Å². The second-order valence-corrected chi connectivity index (χ2v) is 2.97. The highest BCUT2D eigenvalue weighted by Crippen LogP contribution is 2.08. The largest absolute Gasteiger partial charge is 0.326 e. The van der Waals surface area contributed by atoms with E-state index in [9.17, 15) is 4.79 Å². The molecule has 0 saturated heterocycles. The number of aryl methyl sites for hydroxylation is 1. The van der Waals surface area contributed by atoms with Gasteiger partial charge in [-0.3, -0.25) is 4.79 Å². The molecule has 1 unspecified atom stereocenters.